The number of anilines is 1. The van der Waals surface area contributed by atoms with Crippen LogP contribution in [-0.2, 0) is 6.54 Å². The zero-order valence-corrected chi connectivity index (χ0v) is 14.0. The molecule has 0 aliphatic carbocycles. The third-order valence-corrected chi connectivity index (χ3v) is 3.94. The lowest BCUT2D eigenvalue weighted by molar-refractivity contribution is 0.174. The van der Waals surface area contributed by atoms with Gasteiger partial charge in [-0.15, -0.1) is 5.10 Å². The maximum absolute atomic E-state index is 12.4. The maximum Gasteiger partial charge on any atom is 0.321 e. The van der Waals surface area contributed by atoms with Gasteiger partial charge in [-0.3, -0.25) is 0 Å². The first-order valence-electron chi connectivity index (χ1n) is 7.93. The first kappa shape index (κ1) is 15.9. The molecule has 0 fully saturated rings. The summed E-state index contributed by atoms with van der Waals surface area (Å²) >= 11 is 0. The minimum Gasteiger partial charge on any atom is -0.454 e. The van der Waals surface area contributed by atoms with E-state index in [0.717, 1.165) is 17.0 Å². The van der Waals surface area contributed by atoms with Crippen molar-refractivity contribution in [3.05, 3.63) is 54.4 Å². The molecule has 2 amide bonds. The fraction of sp³-hybridized carbons (Fsp3) is 0.176. The summed E-state index contributed by atoms with van der Waals surface area (Å²) in [6.07, 6.45) is 1.51. The van der Waals surface area contributed by atoms with E-state index in [1.807, 2.05) is 30.3 Å². The predicted octanol–water partition coefficient (Wildman–Crippen LogP) is 2.05. The smallest absolute Gasteiger partial charge is 0.321 e. The minimum atomic E-state index is -0.210. The van der Waals surface area contributed by atoms with Crippen LogP contribution in [-0.4, -0.2) is 45.0 Å². The van der Waals surface area contributed by atoms with Crippen LogP contribution in [0.4, 0.5) is 10.5 Å². The van der Waals surface area contributed by atoms with Crippen molar-refractivity contribution in [2.75, 3.05) is 19.2 Å². The van der Waals surface area contributed by atoms with Crippen molar-refractivity contribution in [3.63, 3.8) is 0 Å². The molecule has 0 atom stereocenters. The van der Waals surface area contributed by atoms with Crippen LogP contribution in [0.1, 0.15) is 5.56 Å². The summed E-state index contributed by atoms with van der Waals surface area (Å²) in [6, 6.07) is 12.7. The Morgan fingerprint density at radius 1 is 1.19 bits per heavy atom. The summed E-state index contributed by atoms with van der Waals surface area (Å²) in [5, 5.41) is 13.9. The lowest BCUT2D eigenvalue weighted by Crippen LogP contribution is -2.30. The molecule has 132 valence electrons. The number of ether oxygens (including phenoxy) is 2. The molecule has 0 saturated carbocycles. The number of nitrogens with one attached hydrogen (secondary N) is 1. The lowest BCUT2D eigenvalue weighted by atomic mass is 10.2. The number of hydrogen-bond acceptors (Lipinski definition) is 6. The van der Waals surface area contributed by atoms with Crippen LogP contribution in [0.5, 0.6) is 11.5 Å². The van der Waals surface area contributed by atoms with Gasteiger partial charge >= 0.3 is 6.03 Å². The highest BCUT2D eigenvalue weighted by molar-refractivity contribution is 5.89. The van der Waals surface area contributed by atoms with Crippen LogP contribution in [0.25, 0.3) is 5.69 Å². The maximum atomic E-state index is 12.4. The summed E-state index contributed by atoms with van der Waals surface area (Å²) in [4.78, 5) is 14.0. The second kappa shape index (κ2) is 6.71. The van der Waals surface area contributed by atoms with Gasteiger partial charge in [-0.25, -0.2) is 9.48 Å². The van der Waals surface area contributed by atoms with E-state index in [1.165, 1.54) is 11.0 Å². The normalized spacial score (nSPS) is 12.0. The molecule has 1 aromatic heterocycles. The Bertz CT molecular complexity index is 911. The lowest BCUT2D eigenvalue weighted by Gasteiger charge is -2.18. The zero-order chi connectivity index (χ0) is 17.9. The largest absolute Gasteiger partial charge is 0.454 e. The molecule has 0 saturated heterocycles. The number of carbonyl (C=O) groups excluding carboxylic acids is 1. The van der Waals surface area contributed by atoms with E-state index < -0.39 is 0 Å². The molecular formula is C17H16N6O3. The van der Waals surface area contributed by atoms with Gasteiger partial charge in [0.1, 0.15) is 6.33 Å². The van der Waals surface area contributed by atoms with Crippen molar-refractivity contribution >= 4 is 11.7 Å². The van der Waals surface area contributed by atoms with Crippen LogP contribution < -0.4 is 14.8 Å². The number of rotatable bonds is 4. The highest BCUT2D eigenvalue weighted by Gasteiger charge is 2.15. The molecule has 0 bridgehead atoms. The van der Waals surface area contributed by atoms with E-state index in [0.29, 0.717) is 18.0 Å². The van der Waals surface area contributed by atoms with E-state index in [4.69, 9.17) is 9.47 Å². The van der Waals surface area contributed by atoms with E-state index in [2.05, 4.69) is 20.8 Å². The van der Waals surface area contributed by atoms with Gasteiger partial charge in [0.05, 0.1) is 5.69 Å². The van der Waals surface area contributed by atoms with Gasteiger partial charge in [0.2, 0.25) is 6.79 Å². The summed E-state index contributed by atoms with van der Waals surface area (Å²) in [5.74, 6) is 1.43. The number of carbonyl (C=O) groups is 1. The second-order valence-electron chi connectivity index (χ2n) is 5.78. The summed E-state index contributed by atoms with van der Waals surface area (Å²) < 4.78 is 12.2. The Morgan fingerprint density at radius 2 is 2.00 bits per heavy atom. The first-order valence-corrected chi connectivity index (χ1v) is 7.93. The number of urea groups is 1. The Labute approximate surface area is 149 Å². The van der Waals surface area contributed by atoms with Crippen molar-refractivity contribution in [1.29, 1.82) is 0 Å². The van der Waals surface area contributed by atoms with E-state index >= 15 is 0 Å². The van der Waals surface area contributed by atoms with E-state index in [9.17, 15) is 4.79 Å². The average Bonchev–Trinajstić information content (AvgIpc) is 3.33. The predicted molar refractivity (Wildman–Crippen MR) is 92.2 cm³/mol. The molecule has 1 N–H and O–H groups in total. The molecule has 26 heavy (non-hydrogen) atoms. The number of hydrogen-bond donors (Lipinski definition) is 1. The standard InChI is InChI=1S/C17H16N6O3/c1-22(9-12-2-7-15-16(8-12)26-11-25-15)17(24)19-13-3-5-14(6-4-13)23-10-18-20-21-23/h2-8,10H,9,11H2,1H3,(H,19,24). The van der Waals surface area contributed by atoms with Gasteiger partial charge in [-0.05, 0) is 52.4 Å². The van der Waals surface area contributed by atoms with Gasteiger partial charge in [0.15, 0.2) is 11.5 Å². The number of amides is 2. The summed E-state index contributed by atoms with van der Waals surface area (Å²) in [6.45, 7) is 0.681. The van der Waals surface area contributed by atoms with Crippen molar-refractivity contribution in [3.8, 4) is 17.2 Å². The van der Waals surface area contributed by atoms with Crippen LogP contribution in [0.3, 0.4) is 0 Å². The number of tetrazole rings is 1. The molecular weight excluding hydrogens is 336 g/mol. The summed E-state index contributed by atoms with van der Waals surface area (Å²) in [7, 11) is 1.73. The molecule has 2 aromatic carbocycles. The van der Waals surface area contributed by atoms with Crippen LogP contribution >= 0.6 is 0 Å². The highest BCUT2D eigenvalue weighted by Crippen LogP contribution is 2.32. The average molecular weight is 352 g/mol. The number of aromatic nitrogens is 4. The van der Waals surface area contributed by atoms with Gasteiger partial charge in [0.25, 0.3) is 0 Å². The molecule has 1 aliphatic heterocycles. The molecule has 2 heterocycles. The molecule has 0 spiro atoms. The van der Waals surface area contributed by atoms with Crippen molar-refractivity contribution < 1.29 is 14.3 Å². The van der Waals surface area contributed by atoms with Gasteiger partial charge in [-0.1, -0.05) is 6.07 Å². The Kier molecular flexibility index (Phi) is 4.10. The second-order valence-corrected chi connectivity index (χ2v) is 5.78. The molecule has 9 nitrogen and oxygen atoms in total. The monoisotopic (exact) mass is 352 g/mol. The quantitative estimate of drug-likeness (QED) is 0.772. The molecule has 4 rings (SSSR count). The Hall–Kier alpha value is -3.62. The van der Waals surface area contributed by atoms with Gasteiger partial charge < -0.3 is 19.7 Å². The molecule has 0 unspecified atom stereocenters. The minimum absolute atomic E-state index is 0.210. The molecule has 1 aliphatic rings. The van der Waals surface area contributed by atoms with Crippen molar-refractivity contribution in [1.82, 2.24) is 25.1 Å². The van der Waals surface area contributed by atoms with E-state index in [1.54, 1.807) is 24.1 Å². The number of nitrogens with zero attached hydrogens (tertiary/aromatic N) is 5. The van der Waals surface area contributed by atoms with E-state index in [-0.39, 0.29) is 12.8 Å². The topological polar surface area (TPSA) is 94.4 Å². The molecule has 9 heteroatoms. The Morgan fingerprint density at radius 3 is 2.77 bits per heavy atom. The third kappa shape index (κ3) is 3.27. The first-order chi connectivity index (χ1) is 12.7. The summed E-state index contributed by atoms with van der Waals surface area (Å²) in [5.41, 5.74) is 2.45. The fourth-order valence-electron chi connectivity index (χ4n) is 2.58. The fourth-order valence-corrected chi connectivity index (χ4v) is 2.58. The van der Waals surface area contributed by atoms with Gasteiger partial charge in [0, 0.05) is 19.3 Å². The third-order valence-electron chi connectivity index (χ3n) is 3.94. The van der Waals surface area contributed by atoms with Crippen LogP contribution in [0.2, 0.25) is 0 Å². The van der Waals surface area contributed by atoms with Crippen molar-refractivity contribution in [2.24, 2.45) is 0 Å². The zero-order valence-electron chi connectivity index (χ0n) is 14.0. The molecule has 0 radical (unpaired) electrons. The number of fused-ring (bicyclic) bond motifs is 1. The van der Waals surface area contributed by atoms with Crippen LogP contribution in [0.15, 0.2) is 48.8 Å². The number of benzene rings is 2. The highest BCUT2D eigenvalue weighted by atomic mass is 16.7. The van der Waals surface area contributed by atoms with Crippen LogP contribution in [0, 0.1) is 0 Å². The molecule has 3 aromatic rings. The van der Waals surface area contributed by atoms with Crippen molar-refractivity contribution in [2.45, 2.75) is 6.54 Å². The SMILES string of the molecule is CN(Cc1ccc2c(c1)OCO2)C(=O)Nc1ccc(-n2cnnn2)cc1. The Balaban J connectivity index is 1.38. The van der Waals surface area contributed by atoms with Gasteiger partial charge in [-0.2, -0.15) is 0 Å².